The van der Waals surface area contributed by atoms with Gasteiger partial charge in [0, 0.05) is 20.0 Å². The van der Waals surface area contributed by atoms with Gasteiger partial charge >= 0.3 is 0 Å². The van der Waals surface area contributed by atoms with E-state index in [0.717, 1.165) is 28.2 Å². The molecule has 0 atom stereocenters. The molecule has 1 aromatic carbocycles. The summed E-state index contributed by atoms with van der Waals surface area (Å²) < 4.78 is 5.19. The number of nitrogens with one attached hydrogen (secondary N) is 2. The van der Waals surface area contributed by atoms with Crippen LogP contribution in [0.3, 0.4) is 0 Å². The SMILES string of the molecule is CCC.CN(C)c1cc2nc(C3CCCCC3)[nH]c2cc1NC(=O)c1ccco1. The van der Waals surface area contributed by atoms with Gasteiger partial charge in [-0.1, -0.05) is 39.5 Å². The third kappa shape index (κ3) is 5.00. The van der Waals surface area contributed by atoms with Gasteiger partial charge in [0.15, 0.2) is 5.76 Å². The molecule has 2 heterocycles. The Hall–Kier alpha value is -2.76. The van der Waals surface area contributed by atoms with Crippen LogP contribution < -0.4 is 10.2 Å². The van der Waals surface area contributed by atoms with Crippen molar-refractivity contribution in [1.82, 2.24) is 9.97 Å². The second kappa shape index (κ2) is 9.63. The Kier molecular flexibility index (Phi) is 6.96. The molecular formula is C23H32N4O2. The first-order valence-electron chi connectivity index (χ1n) is 10.6. The number of aromatic nitrogens is 2. The van der Waals surface area contributed by atoms with Crippen molar-refractivity contribution in [2.75, 3.05) is 24.3 Å². The first-order valence-corrected chi connectivity index (χ1v) is 10.6. The summed E-state index contributed by atoms with van der Waals surface area (Å²) in [5.41, 5.74) is 3.54. The Morgan fingerprint density at radius 2 is 1.97 bits per heavy atom. The molecular weight excluding hydrogens is 364 g/mol. The summed E-state index contributed by atoms with van der Waals surface area (Å²) in [5, 5.41) is 2.95. The number of anilines is 2. The summed E-state index contributed by atoms with van der Waals surface area (Å²) in [7, 11) is 3.91. The van der Waals surface area contributed by atoms with Gasteiger partial charge in [-0.05, 0) is 37.1 Å². The van der Waals surface area contributed by atoms with E-state index in [-0.39, 0.29) is 5.91 Å². The molecule has 3 aromatic rings. The Morgan fingerprint density at radius 3 is 2.59 bits per heavy atom. The monoisotopic (exact) mass is 396 g/mol. The lowest BCUT2D eigenvalue weighted by Crippen LogP contribution is -2.16. The van der Waals surface area contributed by atoms with Crippen LogP contribution in [0.25, 0.3) is 11.0 Å². The van der Waals surface area contributed by atoms with Crippen LogP contribution in [-0.4, -0.2) is 30.0 Å². The molecule has 1 aliphatic rings. The normalized spacial score (nSPS) is 14.3. The molecule has 29 heavy (non-hydrogen) atoms. The van der Waals surface area contributed by atoms with Crippen LogP contribution >= 0.6 is 0 Å². The third-order valence-corrected chi connectivity index (χ3v) is 5.08. The Morgan fingerprint density at radius 1 is 1.24 bits per heavy atom. The van der Waals surface area contributed by atoms with Crippen LogP contribution in [0.2, 0.25) is 0 Å². The Balaban J connectivity index is 0.000000755. The molecule has 1 aliphatic carbocycles. The summed E-state index contributed by atoms with van der Waals surface area (Å²) in [4.78, 5) is 22.7. The molecule has 0 aliphatic heterocycles. The van der Waals surface area contributed by atoms with Gasteiger partial charge in [-0.25, -0.2) is 4.98 Å². The maximum atomic E-state index is 12.4. The molecule has 1 fully saturated rings. The van der Waals surface area contributed by atoms with E-state index >= 15 is 0 Å². The topological polar surface area (TPSA) is 74.2 Å². The highest BCUT2D eigenvalue weighted by molar-refractivity contribution is 6.05. The number of hydrogen-bond donors (Lipinski definition) is 2. The number of amides is 1. The van der Waals surface area contributed by atoms with Crippen molar-refractivity contribution in [3.05, 3.63) is 42.1 Å². The molecule has 1 amide bonds. The minimum absolute atomic E-state index is 0.260. The summed E-state index contributed by atoms with van der Waals surface area (Å²) in [6, 6.07) is 7.34. The quantitative estimate of drug-likeness (QED) is 0.572. The van der Waals surface area contributed by atoms with Gasteiger partial charge in [-0.3, -0.25) is 4.79 Å². The molecule has 0 bridgehead atoms. The number of rotatable bonds is 4. The number of furan rings is 1. The van der Waals surface area contributed by atoms with Gasteiger partial charge < -0.3 is 19.6 Å². The van der Waals surface area contributed by atoms with E-state index in [4.69, 9.17) is 9.40 Å². The van der Waals surface area contributed by atoms with Crippen molar-refractivity contribution < 1.29 is 9.21 Å². The molecule has 6 heteroatoms. The second-order valence-corrected chi connectivity index (χ2v) is 7.88. The van der Waals surface area contributed by atoms with E-state index in [1.807, 2.05) is 31.1 Å². The zero-order valence-electron chi connectivity index (χ0n) is 17.9. The van der Waals surface area contributed by atoms with Crippen LogP contribution in [0, 0.1) is 0 Å². The first-order chi connectivity index (χ1) is 14.0. The smallest absolute Gasteiger partial charge is 0.291 e. The first kappa shape index (κ1) is 21.0. The maximum absolute atomic E-state index is 12.4. The van der Waals surface area contributed by atoms with Gasteiger partial charge in [0.25, 0.3) is 5.91 Å². The van der Waals surface area contributed by atoms with Crippen molar-refractivity contribution in [2.24, 2.45) is 0 Å². The second-order valence-electron chi connectivity index (χ2n) is 7.88. The molecule has 2 N–H and O–H groups in total. The van der Waals surface area contributed by atoms with Gasteiger partial charge in [-0.15, -0.1) is 0 Å². The van der Waals surface area contributed by atoms with E-state index < -0.39 is 0 Å². The molecule has 0 radical (unpaired) electrons. The van der Waals surface area contributed by atoms with E-state index in [1.54, 1.807) is 12.1 Å². The van der Waals surface area contributed by atoms with E-state index in [0.29, 0.717) is 11.7 Å². The van der Waals surface area contributed by atoms with Crippen LogP contribution in [0.4, 0.5) is 11.4 Å². The number of fused-ring (bicyclic) bond motifs is 1. The molecule has 1 saturated carbocycles. The largest absolute Gasteiger partial charge is 0.459 e. The van der Waals surface area contributed by atoms with Crippen LogP contribution in [0.1, 0.15) is 74.7 Å². The lowest BCUT2D eigenvalue weighted by Gasteiger charge is -2.18. The fraction of sp³-hybridized carbons (Fsp3) is 0.478. The zero-order valence-corrected chi connectivity index (χ0v) is 17.9. The number of imidazole rings is 1. The number of hydrogen-bond acceptors (Lipinski definition) is 4. The zero-order chi connectivity index (χ0) is 20.8. The standard InChI is InChI=1S/C20H24N4O2.C3H8/c1-24(2)17-12-15-14(21-19(22-15)13-7-4-3-5-8-13)11-16(17)23-20(25)18-9-6-10-26-18;1-3-2/h6,9-13H,3-5,7-8H2,1-2H3,(H,21,22)(H,23,25);3H2,1-2H3. The van der Waals surface area contributed by atoms with Crippen molar-refractivity contribution in [2.45, 2.75) is 58.3 Å². The highest BCUT2D eigenvalue weighted by Crippen LogP contribution is 2.34. The number of carbonyl (C=O) groups excluding carboxylic acids is 1. The molecule has 6 nitrogen and oxygen atoms in total. The average molecular weight is 397 g/mol. The summed E-state index contributed by atoms with van der Waals surface area (Å²) >= 11 is 0. The fourth-order valence-electron chi connectivity index (χ4n) is 3.70. The minimum atomic E-state index is -0.260. The van der Waals surface area contributed by atoms with Crippen molar-refractivity contribution in [1.29, 1.82) is 0 Å². The lowest BCUT2D eigenvalue weighted by molar-refractivity contribution is 0.0996. The summed E-state index contributed by atoms with van der Waals surface area (Å²) in [6.45, 7) is 4.25. The van der Waals surface area contributed by atoms with Crippen molar-refractivity contribution >= 4 is 28.3 Å². The van der Waals surface area contributed by atoms with Gasteiger partial charge in [0.2, 0.25) is 0 Å². The molecule has 156 valence electrons. The van der Waals surface area contributed by atoms with Crippen LogP contribution in [0.15, 0.2) is 34.9 Å². The number of carbonyl (C=O) groups is 1. The van der Waals surface area contributed by atoms with Gasteiger partial charge in [-0.2, -0.15) is 0 Å². The number of H-pyrrole nitrogens is 1. The summed E-state index contributed by atoms with van der Waals surface area (Å²) in [5.74, 6) is 1.62. The highest BCUT2D eigenvalue weighted by Gasteiger charge is 2.20. The highest BCUT2D eigenvalue weighted by atomic mass is 16.3. The lowest BCUT2D eigenvalue weighted by atomic mass is 9.89. The number of nitrogens with zero attached hydrogens (tertiary/aromatic N) is 2. The van der Waals surface area contributed by atoms with Gasteiger partial charge in [0.1, 0.15) is 5.82 Å². The van der Waals surface area contributed by atoms with Gasteiger partial charge in [0.05, 0.1) is 28.7 Å². The number of benzene rings is 1. The van der Waals surface area contributed by atoms with Crippen LogP contribution in [-0.2, 0) is 0 Å². The average Bonchev–Trinajstić information content (AvgIpc) is 3.38. The Bertz CT molecular complexity index is 922. The molecule has 4 rings (SSSR count). The van der Waals surface area contributed by atoms with Crippen LogP contribution in [0.5, 0.6) is 0 Å². The molecule has 2 aromatic heterocycles. The van der Waals surface area contributed by atoms with E-state index in [2.05, 4.69) is 24.1 Å². The molecule has 0 unspecified atom stereocenters. The predicted molar refractivity (Wildman–Crippen MR) is 119 cm³/mol. The third-order valence-electron chi connectivity index (χ3n) is 5.08. The number of aromatic amines is 1. The Labute approximate surface area is 172 Å². The van der Waals surface area contributed by atoms with Crippen molar-refractivity contribution in [3.8, 4) is 0 Å². The van der Waals surface area contributed by atoms with Crippen molar-refractivity contribution in [3.63, 3.8) is 0 Å². The molecule has 0 spiro atoms. The van der Waals surface area contributed by atoms with E-state index in [9.17, 15) is 4.79 Å². The predicted octanol–water partition coefficient (Wildman–Crippen LogP) is 5.94. The molecule has 0 saturated heterocycles. The summed E-state index contributed by atoms with van der Waals surface area (Å²) in [6.07, 6.45) is 9.01. The fourth-order valence-corrected chi connectivity index (χ4v) is 3.70. The van der Waals surface area contributed by atoms with E-state index in [1.165, 1.54) is 44.8 Å². The maximum Gasteiger partial charge on any atom is 0.291 e. The minimum Gasteiger partial charge on any atom is -0.459 e.